The number of aryl methyl sites for hydroxylation is 2. The van der Waals surface area contributed by atoms with Gasteiger partial charge in [0.25, 0.3) is 0 Å². The van der Waals surface area contributed by atoms with E-state index in [1.54, 1.807) is 0 Å². The predicted octanol–water partition coefficient (Wildman–Crippen LogP) is 2.69. The summed E-state index contributed by atoms with van der Waals surface area (Å²) >= 11 is 1.11. The van der Waals surface area contributed by atoms with Gasteiger partial charge in [-0.3, -0.25) is 9.59 Å². The molecule has 0 heterocycles. The SMILES string of the molecule is O=C(O)CSCC(=O)Nc1ccc2cccc3c2c1CC3. The van der Waals surface area contributed by atoms with E-state index >= 15 is 0 Å². The molecule has 0 aliphatic heterocycles. The van der Waals surface area contributed by atoms with E-state index in [0.29, 0.717) is 0 Å². The van der Waals surface area contributed by atoms with Gasteiger partial charge in [0.2, 0.25) is 5.91 Å². The molecule has 0 saturated carbocycles. The van der Waals surface area contributed by atoms with Crippen LogP contribution in [0.25, 0.3) is 10.8 Å². The third kappa shape index (κ3) is 2.88. The minimum absolute atomic E-state index is 0.0534. The van der Waals surface area contributed by atoms with Crippen molar-refractivity contribution < 1.29 is 14.7 Å². The summed E-state index contributed by atoms with van der Waals surface area (Å²) in [4.78, 5) is 22.3. The smallest absolute Gasteiger partial charge is 0.313 e. The number of aliphatic carboxylic acids is 1. The van der Waals surface area contributed by atoms with Crippen molar-refractivity contribution in [2.45, 2.75) is 12.8 Å². The number of rotatable bonds is 5. The molecule has 5 heteroatoms. The van der Waals surface area contributed by atoms with Crippen LogP contribution in [-0.2, 0) is 22.4 Å². The fourth-order valence-electron chi connectivity index (χ4n) is 2.80. The second-order valence-electron chi connectivity index (χ2n) is 5.04. The molecule has 1 aliphatic carbocycles. The summed E-state index contributed by atoms with van der Waals surface area (Å²) in [5.41, 5.74) is 3.38. The first-order chi connectivity index (χ1) is 10.1. The normalized spacial score (nSPS) is 12.6. The lowest BCUT2D eigenvalue weighted by Crippen LogP contribution is -2.16. The van der Waals surface area contributed by atoms with Crippen molar-refractivity contribution in [2.75, 3.05) is 16.8 Å². The van der Waals surface area contributed by atoms with Crippen LogP contribution in [-0.4, -0.2) is 28.5 Å². The molecular weight excluding hydrogens is 286 g/mol. The number of thioether (sulfide) groups is 1. The van der Waals surface area contributed by atoms with Crippen molar-refractivity contribution in [2.24, 2.45) is 0 Å². The average molecular weight is 301 g/mol. The third-order valence-electron chi connectivity index (χ3n) is 3.62. The maximum Gasteiger partial charge on any atom is 0.313 e. The Balaban J connectivity index is 1.77. The van der Waals surface area contributed by atoms with Crippen molar-refractivity contribution in [1.29, 1.82) is 0 Å². The number of nitrogens with one attached hydrogen (secondary N) is 1. The van der Waals surface area contributed by atoms with Gasteiger partial charge >= 0.3 is 5.97 Å². The summed E-state index contributed by atoms with van der Waals surface area (Å²) in [6.07, 6.45) is 1.95. The lowest BCUT2D eigenvalue weighted by Gasteiger charge is -2.10. The van der Waals surface area contributed by atoms with Crippen LogP contribution in [0, 0.1) is 0 Å². The van der Waals surface area contributed by atoms with Crippen molar-refractivity contribution in [3.05, 3.63) is 41.5 Å². The van der Waals surface area contributed by atoms with Crippen LogP contribution in [0.15, 0.2) is 30.3 Å². The van der Waals surface area contributed by atoms with Gasteiger partial charge in [0.1, 0.15) is 0 Å². The fourth-order valence-corrected chi connectivity index (χ4v) is 3.33. The highest BCUT2D eigenvalue weighted by Gasteiger charge is 2.18. The number of carbonyl (C=O) groups excluding carboxylic acids is 1. The Labute approximate surface area is 126 Å². The zero-order valence-electron chi connectivity index (χ0n) is 11.4. The summed E-state index contributed by atoms with van der Waals surface area (Å²) in [6, 6.07) is 10.2. The van der Waals surface area contributed by atoms with Crippen molar-refractivity contribution >= 4 is 40.1 Å². The zero-order valence-corrected chi connectivity index (χ0v) is 12.2. The molecular formula is C16H15NO3S. The summed E-state index contributed by atoms with van der Waals surface area (Å²) in [7, 11) is 0. The lowest BCUT2D eigenvalue weighted by molar-refractivity contribution is -0.133. The number of carbonyl (C=O) groups is 2. The van der Waals surface area contributed by atoms with Gasteiger partial charge in [0.05, 0.1) is 11.5 Å². The van der Waals surface area contributed by atoms with Crippen molar-refractivity contribution in [1.82, 2.24) is 0 Å². The topological polar surface area (TPSA) is 66.4 Å². The van der Waals surface area contributed by atoms with E-state index in [2.05, 4.69) is 23.5 Å². The summed E-state index contributed by atoms with van der Waals surface area (Å²) in [5, 5.41) is 13.9. The molecule has 3 rings (SSSR count). The highest BCUT2D eigenvalue weighted by Crippen LogP contribution is 2.35. The Morgan fingerprint density at radius 1 is 1.14 bits per heavy atom. The molecule has 108 valence electrons. The van der Waals surface area contributed by atoms with Gasteiger partial charge in [-0.05, 0) is 40.8 Å². The standard InChI is InChI=1S/C16H15NO3S/c18-14(8-21-9-15(19)20)17-13-7-5-11-3-1-2-10-4-6-12(13)16(10)11/h1-3,5,7H,4,6,8-9H2,(H,17,18)(H,19,20). The number of carboxylic acids is 1. The van der Waals surface area contributed by atoms with Gasteiger partial charge in [-0.2, -0.15) is 0 Å². The maximum absolute atomic E-state index is 11.9. The molecule has 2 aromatic rings. The average Bonchev–Trinajstić information content (AvgIpc) is 2.88. The second-order valence-corrected chi connectivity index (χ2v) is 6.03. The van der Waals surface area contributed by atoms with Gasteiger partial charge in [-0.25, -0.2) is 0 Å². The molecule has 0 radical (unpaired) electrons. The Bertz CT molecular complexity index is 727. The second kappa shape index (κ2) is 5.77. The van der Waals surface area contributed by atoms with Gasteiger partial charge in [-0.15, -0.1) is 11.8 Å². The van der Waals surface area contributed by atoms with Gasteiger partial charge in [-0.1, -0.05) is 24.3 Å². The van der Waals surface area contributed by atoms with E-state index in [4.69, 9.17) is 5.11 Å². The van der Waals surface area contributed by atoms with E-state index < -0.39 is 5.97 Å². The van der Waals surface area contributed by atoms with E-state index in [1.807, 2.05) is 12.1 Å². The minimum atomic E-state index is -0.901. The van der Waals surface area contributed by atoms with E-state index in [-0.39, 0.29) is 17.4 Å². The Kier molecular flexibility index (Phi) is 3.84. The molecule has 0 spiro atoms. The molecule has 2 N–H and O–H groups in total. The van der Waals surface area contributed by atoms with Gasteiger partial charge in [0, 0.05) is 5.69 Å². The Morgan fingerprint density at radius 3 is 2.81 bits per heavy atom. The Morgan fingerprint density at radius 2 is 2.00 bits per heavy atom. The fraction of sp³-hybridized carbons (Fsp3) is 0.250. The van der Waals surface area contributed by atoms with Crippen molar-refractivity contribution in [3.8, 4) is 0 Å². The number of hydrogen-bond donors (Lipinski definition) is 2. The molecule has 0 aromatic heterocycles. The summed E-state index contributed by atoms with van der Waals surface area (Å²) < 4.78 is 0. The highest BCUT2D eigenvalue weighted by molar-refractivity contribution is 8.00. The molecule has 1 aliphatic rings. The Hall–Kier alpha value is -2.01. The van der Waals surface area contributed by atoms with Crippen LogP contribution < -0.4 is 5.32 Å². The highest BCUT2D eigenvalue weighted by atomic mass is 32.2. The molecule has 21 heavy (non-hydrogen) atoms. The number of amides is 1. The first-order valence-corrected chi connectivity index (χ1v) is 7.93. The molecule has 0 fully saturated rings. The van der Waals surface area contributed by atoms with Crippen LogP contribution in [0.5, 0.6) is 0 Å². The first kappa shape index (κ1) is 13.9. The molecule has 0 unspecified atom stereocenters. The van der Waals surface area contributed by atoms with Crippen LogP contribution in [0.1, 0.15) is 11.1 Å². The monoisotopic (exact) mass is 301 g/mol. The van der Waals surface area contributed by atoms with Crippen molar-refractivity contribution in [3.63, 3.8) is 0 Å². The van der Waals surface area contributed by atoms with Gasteiger partial charge < -0.3 is 10.4 Å². The van der Waals surface area contributed by atoms with Crippen LogP contribution in [0.2, 0.25) is 0 Å². The lowest BCUT2D eigenvalue weighted by atomic mass is 10.0. The van der Waals surface area contributed by atoms with E-state index in [1.165, 1.54) is 21.9 Å². The zero-order chi connectivity index (χ0) is 14.8. The maximum atomic E-state index is 11.9. The number of carboxylic acid groups (broad SMARTS) is 1. The number of benzene rings is 2. The van der Waals surface area contributed by atoms with Gasteiger partial charge in [0.15, 0.2) is 0 Å². The number of hydrogen-bond acceptors (Lipinski definition) is 3. The summed E-state index contributed by atoms with van der Waals surface area (Å²) in [5.74, 6) is -0.948. The quantitative estimate of drug-likeness (QED) is 0.891. The third-order valence-corrected chi connectivity index (χ3v) is 4.53. The summed E-state index contributed by atoms with van der Waals surface area (Å²) in [6.45, 7) is 0. The molecule has 2 aromatic carbocycles. The van der Waals surface area contributed by atoms with E-state index in [0.717, 1.165) is 30.3 Å². The predicted molar refractivity (Wildman–Crippen MR) is 84.9 cm³/mol. The molecule has 0 saturated heterocycles. The molecule has 4 nitrogen and oxygen atoms in total. The minimum Gasteiger partial charge on any atom is -0.481 e. The number of anilines is 1. The molecule has 0 bridgehead atoms. The molecule has 1 amide bonds. The molecule has 0 atom stereocenters. The van der Waals surface area contributed by atoms with Crippen LogP contribution >= 0.6 is 11.8 Å². The van der Waals surface area contributed by atoms with Crippen LogP contribution in [0.3, 0.4) is 0 Å². The first-order valence-electron chi connectivity index (χ1n) is 6.78. The van der Waals surface area contributed by atoms with Crippen LogP contribution in [0.4, 0.5) is 5.69 Å². The van der Waals surface area contributed by atoms with E-state index in [9.17, 15) is 9.59 Å². The largest absolute Gasteiger partial charge is 0.481 e.